The Morgan fingerprint density at radius 3 is 2.29 bits per heavy atom. The monoisotopic (exact) mass is 304 g/mol. The standard InChI is InChI=1S/C13H15F3N2O3/c1-18(8-13(14,15)16)12(21)17-10-5-2-9(3-6-10)4-7-11(19)20/h2-3,5-6H,4,7-8H2,1H3,(H,17,21)(H,19,20). The van der Waals surface area contributed by atoms with Gasteiger partial charge in [0.25, 0.3) is 0 Å². The first-order valence-electron chi connectivity index (χ1n) is 6.07. The summed E-state index contributed by atoms with van der Waals surface area (Å²) in [4.78, 5) is 22.5. The summed E-state index contributed by atoms with van der Waals surface area (Å²) < 4.78 is 36.4. The van der Waals surface area contributed by atoms with Crippen LogP contribution >= 0.6 is 0 Å². The van der Waals surface area contributed by atoms with Gasteiger partial charge in [-0.05, 0) is 24.1 Å². The number of carbonyl (C=O) groups is 2. The number of carboxylic acid groups (broad SMARTS) is 1. The van der Waals surface area contributed by atoms with E-state index in [-0.39, 0.29) is 6.42 Å². The third-order valence-corrected chi connectivity index (χ3v) is 2.60. The maximum Gasteiger partial charge on any atom is 0.406 e. The molecule has 116 valence electrons. The molecule has 0 aliphatic heterocycles. The van der Waals surface area contributed by atoms with Crippen LogP contribution in [-0.4, -0.2) is 41.8 Å². The molecule has 2 N–H and O–H groups in total. The lowest BCUT2D eigenvalue weighted by Crippen LogP contribution is -2.38. The summed E-state index contributed by atoms with van der Waals surface area (Å²) in [7, 11) is 1.05. The molecule has 1 aromatic carbocycles. The van der Waals surface area contributed by atoms with Gasteiger partial charge in [0.2, 0.25) is 0 Å². The van der Waals surface area contributed by atoms with Gasteiger partial charge in [0.1, 0.15) is 6.54 Å². The minimum atomic E-state index is -4.45. The Bertz CT molecular complexity index is 500. The maximum atomic E-state index is 12.1. The number of nitrogens with one attached hydrogen (secondary N) is 1. The van der Waals surface area contributed by atoms with Crippen LogP contribution in [0.25, 0.3) is 0 Å². The van der Waals surface area contributed by atoms with Crippen LogP contribution in [0.2, 0.25) is 0 Å². The number of halogens is 3. The van der Waals surface area contributed by atoms with E-state index >= 15 is 0 Å². The molecule has 0 unspecified atom stereocenters. The second-order valence-corrected chi connectivity index (χ2v) is 4.49. The number of hydrogen-bond donors (Lipinski definition) is 2. The molecule has 0 heterocycles. The molecule has 2 amide bonds. The van der Waals surface area contributed by atoms with Crippen LogP contribution in [0.15, 0.2) is 24.3 Å². The number of alkyl halides is 3. The van der Waals surface area contributed by atoms with E-state index in [0.29, 0.717) is 17.0 Å². The molecule has 0 fully saturated rings. The molecule has 5 nitrogen and oxygen atoms in total. The van der Waals surface area contributed by atoms with Crippen molar-refractivity contribution in [3.8, 4) is 0 Å². The normalized spacial score (nSPS) is 11.0. The number of urea groups is 1. The number of benzene rings is 1. The van der Waals surface area contributed by atoms with Crippen molar-refractivity contribution >= 4 is 17.7 Å². The summed E-state index contributed by atoms with van der Waals surface area (Å²) in [6, 6.07) is 5.38. The fourth-order valence-corrected chi connectivity index (χ4v) is 1.57. The number of carbonyl (C=O) groups excluding carboxylic acids is 1. The van der Waals surface area contributed by atoms with Crippen LogP contribution in [0.3, 0.4) is 0 Å². The second kappa shape index (κ2) is 6.96. The van der Waals surface area contributed by atoms with Gasteiger partial charge in [-0.15, -0.1) is 0 Å². The number of hydrogen-bond acceptors (Lipinski definition) is 2. The lowest BCUT2D eigenvalue weighted by atomic mass is 10.1. The fraction of sp³-hybridized carbons (Fsp3) is 0.385. The Hall–Kier alpha value is -2.25. The zero-order valence-corrected chi connectivity index (χ0v) is 11.3. The van der Waals surface area contributed by atoms with Crippen molar-refractivity contribution < 1.29 is 27.9 Å². The van der Waals surface area contributed by atoms with Gasteiger partial charge >= 0.3 is 18.2 Å². The first-order chi connectivity index (χ1) is 9.67. The molecule has 0 aliphatic rings. The van der Waals surface area contributed by atoms with Crippen LogP contribution in [0.5, 0.6) is 0 Å². The van der Waals surface area contributed by atoms with Gasteiger partial charge in [0.15, 0.2) is 0 Å². The highest BCUT2D eigenvalue weighted by atomic mass is 19.4. The van der Waals surface area contributed by atoms with Crippen molar-refractivity contribution in [1.82, 2.24) is 4.90 Å². The van der Waals surface area contributed by atoms with Gasteiger partial charge < -0.3 is 15.3 Å². The zero-order valence-electron chi connectivity index (χ0n) is 11.3. The van der Waals surface area contributed by atoms with E-state index in [4.69, 9.17) is 5.11 Å². The van der Waals surface area contributed by atoms with Crippen LogP contribution < -0.4 is 5.32 Å². The molecule has 0 saturated carbocycles. The fourth-order valence-electron chi connectivity index (χ4n) is 1.57. The maximum absolute atomic E-state index is 12.1. The van der Waals surface area contributed by atoms with Gasteiger partial charge in [-0.25, -0.2) is 4.79 Å². The molecule has 1 aromatic rings. The third kappa shape index (κ3) is 6.64. The highest BCUT2D eigenvalue weighted by Gasteiger charge is 2.31. The van der Waals surface area contributed by atoms with Gasteiger partial charge in [0.05, 0.1) is 0 Å². The minimum absolute atomic E-state index is 0.0139. The van der Waals surface area contributed by atoms with Crippen LogP contribution in [0.1, 0.15) is 12.0 Å². The van der Waals surface area contributed by atoms with Crippen molar-refractivity contribution in [2.45, 2.75) is 19.0 Å². The molecule has 0 atom stereocenters. The number of rotatable bonds is 5. The summed E-state index contributed by atoms with van der Waals surface area (Å²) in [5, 5.41) is 10.9. The topological polar surface area (TPSA) is 69.6 Å². The first-order valence-corrected chi connectivity index (χ1v) is 6.07. The average molecular weight is 304 g/mol. The van der Waals surface area contributed by atoms with Crippen LogP contribution in [0, 0.1) is 0 Å². The third-order valence-electron chi connectivity index (χ3n) is 2.60. The summed E-state index contributed by atoms with van der Waals surface area (Å²) in [5.74, 6) is -0.916. The molecule has 1 rings (SSSR count). The first kappa shape index (κ1) is 16.8. The van der Waals surface area contributed by atoms with E-state index in [1.807, 2.05) is 0 Å². The highest BCUT2D eigenvalue weighted by Crippen LogP contribution is 2.17. The quantitative estimate of drug-likeness (QED) is 0.878. The van der Waals surface area contributed by atoms with Crippen molar-refractivity contribution in [1.29, 1.82) is 0 Å². The summed E-state index contributed by atoms with van der Waals surface area (Å²) in [6.45, 7) is -1.34. The van der Waals surface area contributed by atoms with Crippen LogP contribution in [-0.2, 0) is 11.2 Å². The van der Waals surface area contributed by atoms with Crippen molar-refractivity contribution in [2.75, 3.05) is 18.9 Å². The number of aliphatic carboxylic acids is 1. The minimum Gasteiger partial charge on any atom is -0.481 e. The van der Waals surface area contributed by atoms with Gasteiger partial charge in [-0.1, -0.05) is 12.1 Å². The second-order valence-electron chi connectivity index (χ2n) is 4.49. The Balaban J connectivity index is 2.55. The molecule has 0 aromatic heterocycles. The van der Waals surface area contributed by atoms with E-state index in [9.17, 15) is 22.8 Å². The summed E-state index contributed by atoms with van der Waals surface area (Å²) >= 11 is 0. The predicted molar refractivity (Wildman–Crippen MR) is 70.1 cm³/mol. The Kier molecular flexibility index (Phi) is 5.57. The summed E-state index contributed by atoms with van der Waals surface area (Å²) in [5.41, 5.74) is 1.10. The predicted octanol–water partition coefficient (Wildman–Crippen LogP) is 2.73. The van der Waals surface area contributed by atoms with Crippen LogP contribution in [0.4, 0.5) is 23.7 Å². The Morgan fingerprint density at radius 2 is 1.81 bits per heavy atom. The van der Waals surface area contributed by atoms with Crippen molar-refractivity contribution in [3.63, 3.8) is 0 Å². The van der Waals surface area contributed by atoms with Crippen molar-refractivity contribution in [3.05, 3.63) is 29.8 Å². The van der Waals surface area contributed by atoms with E-state index in [1.165, 1.54) is 12.1 Å². The molecule has 0 bridgehead atoms. The van der Waals surface area contributed by atoms with Gasteiger partial charge in [0, 0.05) is 19.2 Å². The molecule has 8 heteroatoms. The molecule has 21 heavy (non-hydrogen) atoms. The number of anilines is 1. The molecule has 0 radical (unpaired) electrons. The van der Waals surface area contributed by atoms with Gasteiger partial charge in [-0.3, -0.25) is 4.79 Å². The van der Waals surface area contributed by atoms with E-state index in [1.54, 1.807) is 12.1 Å². The van der Waals surface area contributed by atoms with E-state index in [0.717, 1.165) is 12.6 Å². The molecular formula is C13H15F3N2O3. The number of aryl methyl sites for hydroxylation is 1. The lowest BCUT2D eigenvalue weighted by Gasteiger charge is -2.19. The van der Waals surface area contributed by atoms with Gasteiger partial charge in [-0.2, -0.15) is 13.2 Å². The summed E-state index contributed by atoms with van der Waals surface area (Å²) in [6.07, 6.45) is -4.12. The molecule has 0 aliphatic carbocycles. The largest absolute Gasteiger partial charge is 0.481 e. The molecule has 0 saturated heterocycles. The zero-order chi connectivity index (χ0) is 16.0. The Labute approximate surface area is 119 Å². The molecular weight excluding hydrogens is 289 g/mol. The highest BCUT2D eigenvalue weighted by molar-refractivity contribution is 5.89. The van der Waals surface area contributed by atoms with E-state index < -0.39 is 24.7 Å². The lowest BCUT2D eigenvalue weighted by molar-refractivity contribution is -0.138. The smallest absolute Gasteiger partial charge is 0.406 e. The number of carboxylic acids is 1. The van der Waals surface area contributed by atoms with E-state index in [2.05, 4.69) is 5.32 Å². The average Bonchev–Trinajstić information content (AvgIpc) is 2.35. The number of amides is 2. The SMILES string of the molecule is CN(CC(F)(F)F)C(=O)Nc1ccc(CCC(=O)O)cc1. The Morgan fingerprint density at radius 1 is 1.24 bits per heavy atom. The van der Waals surface area contributed by atoms with Crippen molar-refractivity contribution in [2.24, 2.45) is 0 Å². The molecule has 0 spiro atoms. The number of nitrogens with zero attached hydrogens (tertiary/aromatic N) is 1.